The standard InChI is InChI=1S/C23H18N2O5.C2H6/c26-17-5-12-11(22(17)27)4-16-21-14(8-25(16)23(12)28)20(10-2-1-3-10)13-6-18-19(30-9-29-18)7-15(13)24-21;1-2/h4,6-7,10,22,27H,1-3,5,8-9H2;1-2H3. The van der Waals surface area contributed by atoms with E-state index >= 15 is 0 Å². The normalized spacial score (nSPS) is 19.8. The number of hydrogen-bond donors (Lipinski definition) is 1. The van der Waals surface area contributed by atoms with Crippen LogP contribution < -0.4 is 15.0 Å². The van der Waals surface area contributed by atoms with Gasteiger partial charge in [-0.1, -0.05) is 20.3 Å². The molecule has 0 radical (unpaired) electrons. The van der Waals surface area contributed by atoms with Gasteiger partial charge < -0.3 is 19.1 Å². The lowest BCUT2D eigenvalue weighted by Gasteiger charge is -2.29. The number of ketones is 1. The van der Waals surface area contributed by atoms with Gasteiger partial charge >= 0.3 is 0 Å². The van der Waals surface area contributed by atoms with Crippen molar-refractivity contribution in [2.45, 2.75) is 58.1 Å². The van der Waals surface area contributed by atoms with Crippen LogP contribution in [0.3, 0.4) is 0 Å². The molecule has 4 aliphatic rings. The van der Waals surface area contributed by atoms with Crippen molar-refractivity contribution in [3.05, 3.63) is 50.8 Å². The average Bonchev–Trinajstić information content (AvgIpc) is 3.44. The fourth-order valence-corrected chi connectivity index (χ4v) is 5.34. The maximum Gasteiger partial charge on any atom is 0.255 e. The van der Waals surface area contributed by atoms with E-state index in [0.29, 0.717) is 35.0 Å². The highest BCUT2D eigenvalue weighted by Gasteiger charge is 2.37. The Labute approximate surface area is 184 Å². The molecule has 164 valence electrons. The molecule has 2 aliphatic carbocycles. The summed E-state index contributed by atoms with van der Waals surface area (Å²) in [5.41, 5.74) is 5.26. The second kappa shape index (κ2) is 6.90. The Balaban J connectivity index is 0.000000953. The minimum absolute atomic E-state index is 0.00174. The summed E-state index contributed by atoms with van der Waals surface area (Å²) in [6.07, 6.45) is 2.22. The Kier molecular flexibility index (Phi) is 4.21. The fourth-order valence-electron chi connectivity index (χ4n) is 5.34. The van der Waals surface area contributed by atoms with Crippen molar-refractivity contribution >= 4 is 16.7 Å². The minimum atomic E-state index is -1.22. The molecule has 7 nitrogen and oxygen atoms in total. The van der Waals surface area contributed by atoms with E-state index in [1.807, 2.05) is 26.0 Å². The summed E-state index contributed by atoms with van der Waals surface area (Å²) in [6.45, 7) is 4.66. The van der Waals surface area contributed by atoms with Crippen molar-refractivity contribution < 1.29 is 19.4 Å². The van der Waals surface area contributed by atoms with Crippen LogP contribution in [0.5, 0.6) is 11.5 Å². The molecule has 7 rings (SSSR count). The number of rotatable bonds is 1. The quantitative estimate of drug-likeness (QED) is 0.494. The lowest BCUT2D eigenvalue weighted by Crippen LogP contribution is -2.23. The first-order valence-corrected chi connectivity index (χ1v) is 11.3. The minimum Gasteiger partial charge on any atom is -0.454 e. The SMILES string of the molecule is CC.O=C1Cc2c(cc3n(c2=O)Cc2c-3nc3cc4c(cc3c2C2CCC2)OCO4)C1O. The van der Waals surface area contributed by atoms with Crippen LogP contribution in [-0.4, -0.2) is 27.2 Å². The Morgan fingerprint density at radius 1 is 1.06 bits per heavy atom. The van der Waals surface area contributed by atoms with Crippen LogP contribution in [0.25, 0.3) is 22.3 Å². The van der Waals surface area contributed by atoms with Gasteiger partial charge in [0.1, 0.15) is 6.10 Å². The third kappa shape index (κ3) is 2.48. The van der Waals surface area contributed by atoms with Crippen molar-refractivity contribution in [1.29, 1.82) is 0 Å². The highest BCUT2D eigenvalue weighted by atomic mass is 16.7. The number of aliphatic hydroxyl groups is 1. The number of aliphatic hydroxyl groups excluding tert-OH is 1. The van der Waals surface area contributed by atoms with Gasteiger partial charge in [-0.2, -0.15) is 0 Å². The van der Waals surface area contributed by atoms with Crippen LogP contribution in [-0.2, 0) is 17.8 Å². The van der Waals surface area contributed by atoms with Crippen molar-refractivity contribution in [2.24, 2.45) is 0 Å². The monoisotopic (exact) mass is 432 g/mol. The molecule has 1 unspecified atom stereocenters. The average molecular weight is 432 g/mol. The van der Waals surface area contributed by atoms with Crippen LogP contribution in [0.4, 0.5) is 0 Å². The van der Waals surface area contributed by atoms with Gasteiger partial charge in [-0.05, 0) is 42.0 Å². The highest BCUT2D eigenvalue weighted by Crippen LogP contribution is 2.48. The molecule has 7 heteroatoms. The van der Waals surface area contributed by atoms with Gasteiger partial charge in [0.05, 0.1) is 23.4 Å². The maximum absolute atomic E-state index is 13.2. The molecule has 1 N–H and O–H groups in total. The van der Waals surface area contributed by atoms with E-state index in [2.05, 4.69) is 0 Å². The number of ether oxygens (including phenoxy) is 2. The number of Topliss-reactive ketones (excluding diaryl/α,β-unsaturated/α-hetero) is 1. The van der Waals surface area contributed by atoms with Crippen molar-refractivity contribution in [1.82, 2.24) is 9.55 Å². The van der Waals surface area contributed by atoms with E-state index in [-0.39, 0.29) is 24.6 Å². The Hall–Kier alpha value is -3.19. The molecule has 0 bridgehead atoms. The van der Waals surface area contributed by atoms with Crippen LogP contribution in [0.2, 0.25) is 0 Å². The predicted molar refractivity (Wildman–Crippen MR) is 118 cm³/mol. The molecule has 0 saturated heterocycles. The number of carbonyl (C=O) groups excluding carboxylic acids is 1. The van der Waals surface area contributed by atoms with E-state index < -0.39 is 6.10 Å². The van der Waals surface area contributed by atoms with Crippen LogP contribution >= 0.6 is 0 Å². The third-order valence-corrected chi connectivity index (χ3v) is 7.08. The molecule has 32 heavy (non-hydrogen) atoms. The summed E-state index contributed by atoms with van der Waals surface area (Å²) in [5.74, 6) is 1.53. The van der Waals surface area contributed by atoms with Gasteiger partial charge in [0.15, 0.2) is 17.3 Å². The van der Waals surface area contributed by atoms with E-state index in [9.17, 15) is 14.7 Å². The van der Waals surface area contributed by atoms with E-state index in [4.69, 9.17) is 14.5 Å². The second-order valence-electron chi connectivity index (χ2n) is 8.60. The zero-order valence-electron chi connectivity index (χ0n) is 18.1. The van der Waals surface area contributed by atoms with E-state index in [1.165, 1.54) is 12.0 Å². The van der Waals surface area contributed by atoms with Gasteiger partial charge in [-0.25, -0.2) is 4.98 Å². The first-order valence-electron chi connectivity index (χ1n) is 11.3. The van der Waals surface area contributed by atoms with Gasteiger partial charge in [-0.15, -0.1) is 0 Å². The van der Waals surface area contributed by atoms with E-state index in [0.717, 1.165) is 40.8 Å². The van der Waals surface area contributed by atoms with Gasteiger partial charge in [0.25, 0.3) is 5.56 Å². The molecule has 1 aromatic carbocycles. The van der Waals surface area contributed by atoms with Gasteiger partial charge in [0, 0.05) is 29.0 Å². The topological polar surface area (TPSA) is 90.7 Å². The number of carbonyl (C=O) groups is 1. The zero-order chi connectivity index (χ0) is 22.1. The molecule has 3 aromatic rings. The summed E-state index contributed by atoms with van der Waals surface area (Å²) in [4.78, 5) is 30.1. The smallest absolute Gasteiger partial charge is 0.255 e. The molecule has 0 amide bonds. The third-order valence-electron chi connectivity index (χ3n) is 7.08. The number of benzene rings is 1. The number of hydrogen-bond acceptors (Lipinski definition) is 6. The first kappa shape index (κ1) is 19.5. The Bertz CT molecular complexity index is 1370. The summed E-state index contributed by atoms with van der Waals surface area (Å²) < 4.78 is 12.9. The molecular weight excluding hydrogens is 408 g/mol. The van der Waals surface area contributed by atoms with Crippen molar-refractivity contribution in [3.8, 4) is 22.9 Å². The highest BCUT2D eigenvalue weighted by molar-refractivity contribution is 5.93. The molecule has 2 aromatic heterocycles. The van der Waals surface area contributed by atoms with Crippen molar-refractivity contribution in [3.63, 3.8) is 0 Å². The molecule has 0 spiro atoms. The summed E-state index contributed by atoms with van der Waals surface area (Å²) in [6, 6.07) is 5.72. The van der Waals surface area contributed by atoms with Crippen molar-refractivity contribution in [2.75, 3.05) is 6.79 Å². The fraction of sp³-hybridized carbons (Fsp3) is 0.400. The maximum atomic E-state index is 13.2. The predicted octanol–water partition coefficient (Wildman–Crippen LogP) is 3.61. The molecule has 1 fully saturated rings. The molecule has 4 heterocycles. The molecule has 1 atom stereocenters. The second-order valence-corrected chi connectivity index (χ2v) is 8.60. The van der Waals surface area contributed by atoms with Crippen LogP contribution in [0, 0.1) is 0 Å². The van der Waals surface area contributed by atoms with Gasteiger partial charge in [0.2, 0.25) is 6.79 Å². The number of aromatic nitrogens is 2. The number of fused-ring (bicyclic) bond motifs is 6. The summed E-state index contributed by atoms with van der Waals surface area (Å²) in [5, 5.41) is 11.3. The Morgan fingerprint density at radius 3 is 2.53 bits per heavy atom. The van der Waals surface area contributed by atoms with Crippen LogP contribution in [0.1, 0.15) is 67.4 Å². The summed E-state index contributed by atoms with van der Waals surface area (Å²) >= 11 is 0. The Morgan fingerprint density at radius 2 is 1.81 bits per heavy atom. The molecule has 1 saturated carbocycles. The van der Waals surface area contributed by atoms with Crippen LogP contribution in [0.15, 0.2) is 23.0 Å². The number of nitrogens with zero attached hydrogens (tertiary/aromatic N) is 2. The molecule has 2 aliphatic heterocycles. The summed E-state index contributed by atoms with van der Waals surface area (Å²) in [7, 11) is 0. The first-order chi connectivity index (χ1) is 15.6. The zero-order valence-corrected chi connectivity index (χ0v) is 18.1. The lowest BCUT2D eigenvalue weighted by atomic mass is 9.76. The van der Waals surface area contributed by atoms with E-state index in [1.54, 1.807) is 10.6 Å². The largest absolute Gasteiger partial charge is 0.454 e. The number of pyridine rings is 2. The molecular formula is C25H24N2O5. The van der Waals surface area contributed by atoms with Gasteiger partial charge in [-0.3, -0.25) is 9.59 Å². The lowest BCUT2D eigenvalue weighted by molar-refractivity contribution is -0.125.